The van der Waals surface area contributed by atoms with Gasteiger partial charge in [-0.15, -0.1) is 11.3 Å². The first kappa shape index (κ1) is 20.3. The number of nitrogens with two attached hydrogens (primary N) is 1. The highest BCUT2D eigenvalue weighted by Crippen LogP contribution is 2.39. The van der Waals surface area contributed by atoms with E-state index in [1.165, 1.54) is 10.4 Å². The number of primary sulfonamides is 1. The summed E-state index contributed by atoms with van der Waals surface area (Å²) in [5.74, 6) is -0.236. The Kier molecular flexibility index (Phi) is 6.22. The molecule has 4 N–H and O–H groups in total. The number of carbonyl (C=O) groups excluding carboxylic acids is 1. The molecule has 1 amide bonds. The third kappa shape index (κ3) is 4.38. The van der Waals surface area contributed by atoms with Crippen molar-refractivity contribution < 1.29 is 21.6 Å². The minimum absolute atomic E-state index is 0.0259. The predicted molar refractivity (Wildman–Crippen MR) is 94.2 cm³/mol. The van der Waals surface area contributed by atoms with Crippen molar-refractivity contribution in [3.8, 4) is 0 Å². The van der Waals surface area contributed by atoms with Crippen molar-refractivity contribution in [2.75, 3.05) is 26.2 Å². The maximum atomic E-state index is 12.8. The van der Waals surface area contributed by atoms with Gasteiger partial charge in [0.15, 0.2) is 0 Å². The number of fused-ring (bicyclic) bond motifs is 1. The first-order chi connectivity index (χ1) is 11.6. The van der Waals surface area contributed by atoms with E-state index in [4.69, 9.17) is 5.14 Å². The van der Waals surface area contributed by atoms with Crippen LogP contribution in [0.5, 0.6) is 0 Å². The highest BCUT2D eigenvalue weighted by Gasteiger charge is 2.39. The molecule has 1 atom stereocenters. The molecule has 1 aliphatic rings. The maximum Gasteiger partial charge on any atom is 0.253 e. The van der Waals surface area contributed by atoms with Gasteiger partial charge >= 0.3 is 0 Å². The summed E-state index contributed by atoms with van der Waals surface area (Å²) in [6.07, 6.45) is 0.0364. The van der Waals surface area contributed by atoms with E-state index < -0.39 is 20.0 Å². The summed E-state index contributed by atoms with van der Waals surface area (Å²) in [6, 6.07) is 0.964. The van der Waals surface area contributed by atoms with Gasteiger partial charge in [-0.3, -0.25) is 4.79 Å². The van der Waals surface area contributed by atoms with Crippen LogP contribution in [0.2, 0.25) is 0 Å². The van der Waals surface area contributed by atoms with Crippen molar-refractivity contribution in [2.45, 2.75) is 34.7 Å². The van der Waals surface area contributed by atoms with Crippen LogP contribution in [-0.4, -0.2) is 53.2 Å². The number of hydrogen-bond donors (Lipinski definition) is 3. The Bertz CT molecular complexity index is 847. The fraction of sp³-hybridized carbons (Fsp3) is 0.615. The van der Waals surface area contributed by atoms with Crippen molar-refractivity contribution in [3.05, 3.63) is 11.6 Å². The molecule has 0 saturated carbocycles. The van der Waals surface area contributed by atoms with Crippen LogP contribution in [0.1, 0.15) is 31.9 Å². The quantitative estimate of drug-likeness (QED) is 0.558. The molecule has 12 heteroatoms. The van der Waals surface area contributed by atoms with Gasteiger partial charge in [-0.1, -0.05) is 6.92 Å². The number of hydrogen-bond acceptors (Lipinski definition) is 7. The zero-order chi connectivity index (χ0) is 18.8. The van der Waals surface area contributed by atoms with E-state index in [0.29, 0.717) is 30.0 Å². The number of amides is 1. The monoisotopic (exact) mass is 410 g/mol. The van der Waals surface area contributed by atoms with E-state index in [0.717, 1.165) is 0 Å². The van der Waals surface area contributed by atoms with Crippen molar-refractivity contribution >= 4 is 37.3 Å². The van der Waals surface area contributed by atoms with E-state index in [-0.39, 0.29) is 39.9 Å². The summed E-state index contributed by atoms with van der Waals surface area (Å²) >= 11 is 0.644. The topological polar surface area (TPSA) is 139 Å². The van der Waals surface area contributed by atoms with Crippen LogP contribution in [0.25, 0.3) is 0 Å². The molecule has 9 nitrogen and oxygen atoms in total. The minimum Gasteiger partial charge on any atom is -0.356 e. The van der Waals surface area contributed by atoms with Crippen LogP contribution >= 0.6 is 11.3 Å². The average Bonchev–Trinajstić information content (AvgIpc) is 2.96. The molecule has 0 unspecified atom stereocenters. The van der Waals surface area contributed by atoms with Crippen molar-refractivity contribution in [1.29, 1.82) is 0 Å². The fourth-order valence-corrected chi connectivity index (χ4v) is 6.88. The summed E-state index contributed by atoms with van der Waals surface area (Å²) in [7, 11) is -7.86. The molecule has 2 heterocycles. The predicted octanol–water partition coefficient (Wildman–Crippen LogP) is -0.423. The highest BCUT2D eigenvalue weighted by atomic mass is 32.3. The SMILES string of the molecule is CCNC(=O)CCN1C[C@H](NCC)c2cc(S(N)(=O)=O)sc2S1(=O)=O. The van der Waals surface area contributed by atoms with E-state index >= 15 is 0 Å². The van der Waals surface area contributed by atoms with Crippen molar-refractivity contribution in [2.24, 2.45) is 5.14 Å². The average molecular weight is 411 g/mol. The largest absolute Gasteiger partial charge is 0.356 e. The summed E-state index contributed by atoms with van der Waals surface area (Å²) < 4.78 is 49.8. The number of rotatable bonds is 7. The lowest BCUT2D eigenvalue weighted by atomic mass is 10.1. The third-order valence-electron chi connectivity index (χ3n) is 3.73. The van der Waals surface area contributed by atoms with E-state index in [9.17, 15) is 21.6 Å². The molecule has 0 spiro atoms. The van der Waals surface area contributed by atoms with Gasteiger partial charge in [-0.2, -0.15) is 4.31 Å². The Hall–Kier alpha value is -1.05. The molecule has 1 aliphatic heterocycles. The molecule has 0 bridgehead atoms. The number of nitrogens with zero attached hydrogens (tertiary/aromatic N) is 1. The van der Waals surface area contributed by atoms with Crippen LogP contribution in [0.3, 0.4) is 0 Å². The Labute approximate surface area is 151 Å². The summed E-state index contributed by atoms with van der Waals surface area (Å²) in [6.45, 7) is 4.85. The summed E-state index contributed by atoms with van der Waals surface area (Å²) in [5.41, 5.74) is 0.408. The fourth-order valence-electron chi connectivity index (χ4n) is 2.61. The van der Waals surface area contributed by atoms with Crippen molar-refractivity contribution in [3.63, 3.8) is 0 Å². The van der Waals surface area contributed by atoms with E-state index in [2.05, 4.69) is 10.6 Å². The molecule has 2 rings (SSSR count). The molecular weight excluding hydrogens is 388 g/mol. The van der Waals surface area contributed by atoms with Crippen LogP contribution in [0.15, 0.2) is 14.5 Å². The molecule has 0 radical (unpaired) electrons. The van der Waals surface area contributed by atoms with Gasteiger partial charge in [0.05, 0.1) is 0 Å². The lowest BCUT2D eigenvalue weighted by Gasteiger charge is -2.32. The number of carbonyl (C=O) groups is 1. The summed E-state index contributed by atoms with van der Waals surface area (Å²) in [5, 5.41) is 10.9. The van der Waals surface area contributed by atoms with Gasteiger partial charge in [0.25, 0.3) is 10.0 Å². The van der Waals surface area contributed by atoms with Crippen molar-refractivity contribution in [1.82, 2.24) is 14.9 Å². The second-order valence-electron chi connectivity index (χ2n) is 5.53. The molecule has 1 aromatic rings. The molecule has 0 aliphatic carbocycles. The van der Waals surface area contributed by atoms with Gasteiger partial charge in [0, 0.05) is 37.7 Å². The Morgan fingerprint density at radius 2 is 2.08 bits per heavy atom. The second-order valence-corrected chi connectivity index (χ2v) is 10.5. The lowest BCUT2D eigenvalue weighted by molar-refractivity contribution is -0.121. The zero-order valence-electron chi connectivity index (χ0n) is 14.0. The zero-order valence-corrected chi connectivity index (χ0v) is 16.4. The Morgan fingerprint density at radius 1 is 1.40 bits per heavy atom. The van der Waals surface area contributed by atoms with Gasteiger partial charge < -0.3 is 10.6 Å². The van der Waals surface area contributed by atoms with Gasteiger partial charge in [0.1, 0.15) is 8.42 Å². The van der Waals surface area contributed by atoms with E-state index in [1.54, 1.807) is 6.92 Å². The van der Waals surface area contributed by atoms with Crippen LogP contribution in [0, 0.1) is 0 Å². The number of likely N-dealkylation sites (N-methyl/N-ethyl adjacent to an activating group) is 1. The molecule has 25 heavy (non-hydrogen) atoms. The number of sulfonamides is 2. The Balaban J connectivity index is 2.38. The van der Waals surface area contributed by atoms with Crippen LogP contribution in [0.4, 0.5) is 0 Å². The van der Waals surface area contributed by atoms with E-state index in [1.807, 2.05) is 6.92 Å². The van der Waals surface area contributed by atoms with Gasteiger partial charge in [-0.25, -0.2) is 22.0 Å². The molecular formula is C13H22N4O5S3. The number of nitrogens with one attached hydrogen (secondary N) is 2. The maximum absolute atomic E-state index is 12.8. The minimum atomic E-state index is -3.99. The second kappa shape index (κ2) is 7.68. The standard InChI is InChI=1S/C13H22N4O5S3/c1-3-15-10-8-17(6-5-11(18)16-4-2)25(21,22)13-9(10)7-12(23-13)24(14,19)20/h7,10,15H,3-6,8H2,1-2H3,(H,16,18)(H2,14,19,20)/t10-/m0/s1. The molecule has 0 fully saturated rings. The highest BCUT2D eigenvalue weighted by molar-refractivity contribution is 7.94. The molecule has 0 aromatic carbocycles. The first-order valence-corrected chi connectivity index (χ1v) is 11.6. The lowest BCUT2D eigenvalue weighted by Crippen LogP contribution is -2.44. The van der Waals surface area contributed by atoms with Crippen LogP contribution < -0.4 is 15.8 Å². The number of thiophene rings is 1. The molecule has 0 saturated heterocycles. The first-order valence-electron chi connectivity index (χ1n) is 7.78. The van der Waals surface area contributed by atoms with Gasteiger partial charge in [-0.05, 0) is 19.5 Å². The van der Waals surface area contributed by atoms with Gasteiger partial charge in [0.2, 0.25) is 15.9 Å². The molecule has 142 valence electrons. The normalized spacial score (nSPS) is 20.2. The smallest absolute Gasteiger partial charge is 0.253 e. The third-order valence-corrected chi connectivity index (χ3v) is 8.69. The molecule has 1 aromatic heterocycles. The Morgan fingerprint density at radius 3 is 2.64 bits per heavy atom. The van der Waals surface area contributed by atoms with Crippen LogP contribution in [-0.2, 0) is 24.8 Å². The summed E-state index contributed by atoms with van der Waals surface area (Å²) in [4.78, 5) is 11.6.